The molecule has 0 saturated carbocycles. The van der Waals surface area contributed by atoms with E-state index in [0.717, 1.165) is 12.8 Å². The van der Waals surface area contributed by atoms with E-state index in [-0.39, 0.29) is 6.61 Å². The minimum absolute atomic E-state index is 0.160. The van der Waals surface area contributed by atoms with E-state index < -0.39 is 23.5 Å². The van der Waals surface area contributed by atoms with E-state index in [2.05, 4.69) is 10.4 Å². The molecule has 0 aromatic rings. The number of unbranched alkanes of at least 4 members (excludes halogenated alkanes) is 1. The maximum absolute atomic E-state index is 12.9. The smallest absolute Gasteiger partial charge is 0.285 e. The van der Waals surface area contributed by atoms with Crippen molar-refractivity contribution in [2.75, 3.05) is 41.4 Å². The molecule has 138 valence electrons. The molecule has 0 spiro atoms. The van der Waals surface area contributed by atoms with Gasteiger partial charge in [-0.15, -0.1) is 0 Å². The number of nitrogens with one attached hydrogen (secondary N) is 2. The average Bonchev–Trinajstić information content (AvgIpc) is 2.41. The Hall–Kier alpha value is 0.410. The van der Waals surface area contributed by atoms with Crippen molar-refractivity contribution in [1.82, 2.24) is 19.7 Å². The Morgan fingerprint density at radius 1 is 1.22 bits per heavy atom. The van der Waals surface area contributed by atoms with Gasteiger partial charge in [0.1, 0.15) is 12.8 Å². The van der Waals surface area contributed by atoms with Crippen molar-refractivity contribution in [3.8, 4) is 0 Å². The summed E-state index contributed by atoms with van der Waals surface area (Å²) in [5, 5.41) is 5.23. The first-order valence-corrected chi connectivity index (χ1v) is 9.87. The van der Waals surface area contributed by atoms with Gasteiger partial charge in [-0.25, -0.2) is 14.4 Å². The number of alkyl halides is 3. The van der Waals surface area contributed by atoms with E-state index >= 15 is 0 Å². The van der Waals surface area contributed by atoms with Gasteiger partial charge in [-0.05, 0) is 34.6 Å². The predicted octanol–water partition coefficient (Wildman–Crippen LogP) is 2.44. The lowest BCUT2D eigenvalue weighted by molar-refractivity contribution is -0.126. The highest BCUT2D eigenvalue weighted by Crippen LogP contribution is 2.47. The molecule has 7 nitrogen and oxygen atoms in total. The molecule has 1 unspecified atom stereocenters. The first kappa shape index (κ1) is 23.4. The lowest BCUT2D eigenvalue weighted by atomic mass is 10.4. The summed E-state index contributed by atoms with van der Waals surface area (Å²) >= 11 is 17.7. The lowest BCUT2D eigenvalue weighted by Gasteiger charge is -2.36. The number of ether oxygens (including phenoxy) is 1. The Labute approximate surface area is 153 Å². The van der Waals surface area contributed by atoms with Gasteiger partial charge in [0, 0.05) is 6.61 Å². The molecular formula is C12H26Cl3N4O3P. The van der Waals surface area contributed by atoms with E-state index in [1.54, 1.807) is 28.2 Å². The van der Waals surface area contributed by atoms with Gasteiger partial charge in [0.15, 0.2) is 0 Å². The maximum Gasteiger partial charge on any atom is 0.285 e. The Kier molecular flexibility index (Phi) is 10.6. The third kappa shape index (κ3) is 8.36. The quantitative estimate of drug-likeness (QED) is 0.249. The van der Waals surface area contributed by atoms with Crippen LogP contribution in [0, 0.1) is 0 Å². The van der Waals surface area contributed by atoms with E-state index in [1.807, 2.05) is 6.92 Å². The summed E-state index contributed by atoms with van der Waals surface area (Å²) in [5.41, 5.74) is 0. The Bertz CT molecular complexity index is 407. The largest absolute Gasteiger partial charge is 0.372 e. The van der Waals surface area contributed by atoms with Crippen molar-refractivity contribution in [1.29, 1.82) is 0 Å². The number of hydrogen-bond acceptors (Lipinski definition) is 3. The molecule has 0 aromatic heterocycles. The van der Waals surface area contributed by atoms with Crippen molar-refractivity contribution in [3.63, 3.8) is 0 Å². The van der Waals surface area contributed by atoms with Gasteiger partial charge in [-0.3, -0.25) is 9.36 Å². The summed E-state index contributed by atoms with van der Waals surface area (Å²) in [4.78, 5) is 11.9. The van der Waals surface area contributed by atoms with Crippen LogP contribution in [0.4, 0.5) is 0 Å². The molecule has 1 atom stereocenters. The first-order chi connectivity index (χ1) is 10.4. The molecule has 11 heteroatoms. The first-order valence-electron chi connectivity index (χ1n) is 7.12. The Balaban J connectivity index is 4.91. The van der Waals surface area contributed by atoms with E-state index in [4.69, 9.17) is 39.5 Å². The lowest BCUT2D eigenvalue weighted by Crippen LogP contribution is -2.55. The Morgan fingerprint density at radius 2 is 1.74 bits per heavy atom. The van der Waals surface area contributed by atoms with Crippen LogP contribution in [-0.2, 0) is 14.1 Å². The van der Waals surface area contributed by atoms with Crippen LogP contribution in [0.25, 0.3) is 0 Å². The van der Waals surface area contributed by atoms with E-state index in [0.29, 0.717) is 6.61 Å². The van der Waals surface area contributed by atoms with Gasteiger partial charge in [0.25, 0.3) is 7.59 Å². The van der Waals surface area contributed by atoms with Crippen LogP contribution < -0.4 is 10.4 Å². The monoisotopic (exact) mass is 410 g/mol. The molecule has 0 aliphatic carbocycles. The van der Waals surface area contributed by atoms with Crippen LogP contribution in [0.15, 0.2) is 0 Å². The zero-order valence-electron chi connectivity index (χ0n) is 14.1. The summed E-state index contributed by atoms with van der Waals surface area (Å²) in [6, 6.07) is 0. The molecular weight excluding hydrogens is 385 g/mol. The predicted molar refractivity (Wildman–Crippen MR) is 96.1 cm³/mol. The van der Waals surface area contributed by atoms with Crippen molar-refractivity contribution < 1.29 is 14.1 Å². The number of halogens is 3. The van der Waals surface area contributed by atoms with Crippen LogP contribution >= 0.6 is 42.4 Å². The zero-order chi connectivity index (χ0) is 18.3. The van der Waals surface area contributed by atoms with Crippen molar-refractivity contribution in [3.05, 3.63) is 0 Å². The maximum atomic E-state index is 12.9. The van der Waals surface area contributed by atoms with Crippen LogP contribution in [0.1, 0.15) is 19.8 Å². The summed E-state index contributed by atoms with van der Waals surface area (Å²) < 4.78 is 19.2. The molecule has 0 fully saturated rings. The SMILES string of the molecule is CCCCOCC(=O)NC(NP(=O)(N(C)C)N(C)C)C(Cl)(Cl)Cl. The number of amides is 1. The fourth-order valence-electron chi connectivity index (χ4n) is 1.56. The minimum Gasteiger partial charge on any atom is -0.372 e. The fraction of sp³-hybridized carbons (Fsp3) is 0.917. The average molecular weight is 412 g/mol. The number of nitrogens with zero attached hydrogens (tertiary/aromatic N) is 2. The summed E-state index contributed by atoms with van der Waals surface area (Å²) in [6.45, 7) is 2.34. The molecule has 0 rings (SSSR count). The van der Waals surface area contributed by atoms with Gasteiger partial charge in [-0.1, -0.05) is 48.1 Å². The molecule has 1 amide bonds. The number of carbonyl (C=O) groups excluding carboxylic acids is 1. The topological polar surface area (TPSA) is 73.9 Å². The number of rotatable bonds is 10. The minimum atomic E-state index is -3.20. The molecule has 0 heterocycles. The second-order valence-corrected chi connectivity index (χ2v) is 10.6. The molecule has 0 aliphatic heterocycles. The highest BCUT2D eigenvalue weighted by molar-refractivity contribution is 7.56. The third-order valence-electron chi connectivity index (χ3n) is 2.89. The van der Waals surface area contributed by atoms with Crippen molar-refractivity contribution in [2.24, 2.45) is 0 Å². The zero-order valence-corrected chi connectivity index (χ0v) is 17.3. The molecule has 0 aliphatic rings. The third-order valence-corrected chi connectivity index (χ3v) is 6.31. The standard InChI is InChI=1S/C12H26Cl3N4O3P/c1-6-7-8-22-9-10(20)16-11(12(13,14)15)17-23(21,18(2)3)19(4)5/h11H,6-9H2,1-5H3,(H,16,20)(H,17,21). The molecule has 23 heavy (non-hydrogen) atoms. The number of carbonyl (C=O) groups is 1. The molecule has 0 radical (unpaired) electrons. The molecule has 0 saturated heterocycles. The van der Waals surface area contributed by atoms with E-state index in [1.165, 1.54) is 9.34 Å². The number of hydrogen-bond donors (Lipinski definition) is 2. The Morgan fingerprint density at radius 3 is 2.13 bits per heavy atom. The van der Waals surface area contributed by atoms with E-state index in [9.17, 15) is 9.36 Å². The van der Waals surface area contributed by atoms with Gasteiger partial charge in [0.2, 0.25) is 9.70 Å². The van der Waals surface area contributed by atoms with Gasteiger partial charge < -0.3 is 10.1 Å². The second kappa shape index (κ2) is 10.4. The summed E-state index contributed by atoms with van der Waals surface area (Å²) in [5.74, 6) is -0.464. The van der Waals surface area contributed by atoms with Crippen LogP contribution in [0.3, 0.4) is 0 Å². The van der Waals surface area contributed by atoms with Crippen LogP contribution in [-0.4, -0.2) is 66.6 Å². The fourth-order valence-corrected chi connectivity index (χ4v) is 3.89. The van der Waals surface area contributed by atoms with Gasteiger partial charge >= 0.3 is 0 Å². The van der Waals surface area contributed by atoms with Crippen LogP contribution in [0.5, 0.6) is 0 Å². The molecule has 2 N–H and O–H groups in total. The van der Waals surface area contributed by atoms with Crippen LogP contribution in [0.2, 0.25) is 0 Å². The molecule has 0 bridgehead atoms. The molecule has 0 aromatic carbocycles. The second-order valence-electron chi connectivity index (χ2n) is 5.32. The van der Waals surface area contributed by atoms with Crippen molar-refractivity contribution >= 4 is 48.3 Å². The normalized spacial score (nSPS) is 14.3. The van der Waals surface area contributed by atoms with Gasteiger partial charge in [0.05, 0.1) is 0 Å². The summed E-state index contributed by atoms with van der Waals surface area (Å²) in [7, 11) is 3.29. The highest BCUT2D eigenvalue weighted by Gasteiger charge is 2.41. The summed E-state index contributed by atoms with van der Waals surface area (Å²) in [6.07, 6.45) is 0.676. The van der Waals surface area contributed by atoms with Gasteiger partial charge in [-0.2, -0.15) is 0 Å². The van der Waals surface area contributed by atoms with Crippen molar-refractivity contribution in [2.45, 2.75) is 29.7 Å². The highest BCUT2D eigenvalue weighted by atomic mass is 35.6.